The minimum absolute atomic E-state index is 0.304. The molecule has 2 aromatic rings. The Bertz CT molecular complexity index is 658. The molecule has 15 nitrogen and oxygen atoms in total. The van der Waals surface area contributed by atoms with Gasteiger partial charge in [-0.1, -0.05) is 0 Å². The Kier molecular flexibility index (Phi) is 2.76. The highest BCUT2D eigenvalue weighted by molar-refractivity contribution is 5.47. The summed E-state index contributed by atoms with van der Waals surface area (Å²) in [6, 6.07) is 0. The normalized spacial score (nSPS) is 10.1. The lowest BCUT2D eigenvalue weighted by Crippen LogP contribution is -2.13. The van der Waals surface area contributed by atoms with Gasteiger partial charge in [-0.15, -0.1) is 4.63 Å². The highest BCUT2D eigenvalue weighted by atomic mass is 16.7. The molecule has 0 aliphatic rings. The number of nitro groups is 2. The van der Waals surface area contributed by atoms with E-state index in [2.05, 4.69) is 29.9 Å². The first-order valence-electron chi connectivity index (χ1n) is 4.18. The van der Waals surface area contributed by atoms with Crippen molar-refractivity contribution in [3.05, 3.63) is 25.1 Å². The zero-order chi connectivity index (χ0) is 14.0. The second-order valence-corrected chi connectivity index (χ2v) is 2.77. The van der Waals surface area contributed by atoms with Crippen molar-refractivity contribution in [1.29, 1.82) is 0 Å². The fourth-order valence-electron chi connectivity index (χ4n) is 0.946. The monoisotopic (exact) mass is 273 g/mol. The third-order valence-corrected chi connectivity index (χ3v) is 1.67. The molecule has 15 heteroatoms. The van der Waals surface area contributed by atoms with Crippen molar-refractivity contribution >= 4 is 23.3 Å². The molecule has 2 heterocycles. The summed E-state index contributed by atoms with van der Waals surface area (Å²) in [6.45, 7) is 0. The summed E-state index contributed by atoms with van der Waals surface area (Å²) >= 11 is 0. The topological polar surface area (TPSA) is 196 Å². The van der Waals surface area contributed by atoms with Gasteiger partial charge in [0.15, 0.2) is 5.16 Å². The molecular formula is C4HN8O7+. The SMILES string of the molecule is O=[N+]([O-])c1nonc1N[N+](=O)c1nonc1[N+](=O)[O-]. The summed E-state index contributed by atoms with van der Waals surface area (Å²) in [5.41, 5.74) is 1.77. The van der Waals surface area contributed by atoms with Crippen molar-refractivity contribution in [1.82, 2.24) is 20.6 Å². The third-order valence-electron chi connectivity index (χ3n) is 1.67. The highest BCUT2D eigenvalue weighted by Gasteiger charge is 2.39. The first kappa shape index (κ1) is 12.0. The molecule has 0 atom stereocenters. The average Bonchev–Trinajstić information content (AvgIpc) is 2.96. The fraction of sp³-hybridized carbons (Fsp3) is 0. The van der Waals surface area contributed by atoms with Crippen molar-refractivity contribution in [3.8, 4) is 0 Å². The van der Waals surface area contributed by atoms with Crippen LogP contribution in [0.25, 0.3) is 0 Å². The predicted molar refractivity (Wildman–Crippen MR) is 48.8 cm³/mol. The molecule has 1 N–H and O–H groups in total. The summed E-state index contributed by atoms with van der Waals surface area (Å²) in [7, 11) is 0. The molecule has 0 saturated carbocycles. The zero-order valence-corrected chi connectivity index (χ0v) is 8.49. The second-order valence-electron chi connectivity index (χ2n) is 2.77. The van der Waals surface area contributed by atoms with Crippen LogP contribution >= 0.6 is 0 Å². The number of nitrogens with zero attached hydrogens (tertiary/aromatic N) is 7. The van der Waals surface area contributed by atoms with E-state index < -0.39 is 33.1 Å². The van der Waals surface area contributed by atoms with Crippen molar-refractivity contribution in [2.24, 2.45) is 0 Å². The van der Waals surface area contributed by atoms with Crippen LogP contribution in [-0.2, 0) is 0 Å². The number of anilines is 1. The first-order chi connectivity index (χ1) is 9.00. The number of nitrogens with one attached hydrogen (secondary N) is 1. The van der Waals surface area contributed by atoms with Crippen LogP contribution < -0.4 is 5.43 Å². The number of hydrazine groups is 1. The van der Waals surface area contributed by atoms with Crippen LogP contribution in [0.4, 0.5) is 23.3 Å². The molecule has 0 bridgehead atoms. The van der Waals surface area contributed by atoms with Crippen molar-refractivity contribution < 1.29 is 24.0 Å². The largest absolute Gasteiger partial charge is 0.539 e. The van der Waals surface area contributed by atoms with Gasteiger partial charge in [-0.3, -0.25) is 0 Å². The molecule has 0 radical (unpaired) electrons. The van der Waals surface area contributed by atoms with E-state index in [1.54, 1.807) is 5.43 Å². The number of hydrogen-bond donors (Lipinski definition) is 1. The Morgan fingerprint density at radius 3 is 2.00 bits per heavy atom. The van der Waals surface area contributed by atoms with Gasteiger partial charge in [0, 0.05) is 5.16 Å². The summed E-state index contributed by atoms with van der Waals surface area (Å²) in [5, 5.41) is 32.7. The summed E-state index contributed by atoms with van der Waals surface area (Å²) in [6.07, 6.45) is 0. The second kappa shape index (κ2) is 4.39. The standard InChI is InChI=1S/C4HN8O7/c13-10(3-4(12(16)17)9-19-8-3)5-1-2(11(14)15)7-18-6-1/h(H,5,6,13)/q+1. The van der Waals surface area contributed by atoms with E-state index in [1.165, 1.54) is 0 Å². The molecule has 0 aromatic carbocycles. The van der Waals surface area contributed by atoms with Crippen LogP contribution in [0.2, 0.25) is 0 Å². The van der Waals surface area contributed by atoms with E-state index in [9.17, 15) is 25.1 Å². The molecular weight excluding hydrogens is 272 g/mol. The quantitative estimate of drug-likeness (QED) is 0.424. The fourth-order valence-corrected chi connectivity index (χ4v) is 0.946. The minimum atomic E-state index is -1.03. The molecule has 0 aliphatic heterocycles. The van der Waals surface area contributed by atoms with Crippen molar-refractivity contribution in [3.63, 3.8) is 0 Å². The van der Waals surface area contributed by atoms with Gasteiger partial charge < -0.3 is 20.2 Å². The van der Waals surface area contributed by atoms with Gasteiger partial charge >= 0.3 is 23.3 Å². The van der Waals surface area contributed by atoms with Gasteiger partial charge in [-0.25, -0.2) is 0 Å². The van der Waals surface area contributed by atoms with Gasteiger partial charge in [0.05, 0.1) is 0 Å². The maximum Gasteiger partial charge on any atom is 0.539 e. The molecule has 0 spiro atoms. The molecule has 98 valence electrons. The molecule has 0 fully saturated rings. The Labute approximate surface area is 99.5 Å². The summed E-state index contributed by atoms with van der Waals surface area (Å²) < 4.78 is 8.05. The molecule has 2 aromatic heterocycles. The molecule has 0 aliphatic carbocycles. The number of rotatable bonds is 5. The van der Waals surface area contributed by atoms with E-state index >= 15 is 0 Å². The molecule has 0 amide bonds. The third kappa shape index (κ3) is 2.14. The lowest BCUT2D eigenvalue weighted by atomic mass is 10.6. The maximum atomic E-state index is 11.5. The Morgan fingerprint density at radius 2 is 1.37 bits per heavy atom. The van der Waals surface area contributed by atoms with Gasteiger partial charge in [-0.05, 0) is 19.4 Å². The highest BCUT2D eigenvalue weighted by Crippen LogP contribution is 2.24. The van der Waals surface area contributed by atoms with Gasteiger partial charge in [0.25, 0.3) is 0 Å². The Balaban J connectivity index is 2.26. The average molecular weight is 273 g/mol. The Hall–Kier alpha value is -3.52. The van der Waals surface area contributed by atoms with E-state index in [1.807, 2.05) is 0 Å². The van der Waals surface area contributed by atoms with E-state index in [0.29, 0.717) is 0 Å². The van der Waals surface area contributed by atoms with Crippen molar-refractivity contribution in [2.45, 2.75) is 0 Å². The Morgan fingerprint density at radius 1 is 0.842 bits per heavy atom. The number of nitroso groups, excluding NO2 is 1. The number of hydrogen-bond acceptors (Lipinski definition) is 11. The number of aromatic nitrogens is 4. The van der Waals surface area contributed by atoms with E-state index in [-0.39, 0.29) is 4.87 Å². The predicted octanol–water partition coefficient (Wildman–Crippen LogP) is -0.294. The van der Waals surface area contributed by atoms with E-state index in [4.69, 9.17) is 0 Å². The van der Waals surface area contributed by atoms with E-state index in [0.717, 1.165) is 0 Å². The summed E-state index contributed by atoms with van der Waals surface area (Å²) in [4.78, 5) is 30.1. The van der Waals surface area contributed by atoms with Gasteiger partial charge in [0.2, 0.25) is 10.3 Å². The van der Waals surface area contributed by atoms with Crippen LogP contribution in [-0.4, -0.2) is 35.3 Å². The van der Waals surface area contributed by atoms with Crippen LogP contribution in [0.1, 0.15) is 0 Å². The van der Waals surface area contributed by atoms with Crippen LogP contribution in [0.5, 0.6) is 0 Å². The smallest absolute Gasteiger partial charge is 0.358 e. The maximum absolute atomic E-state index is 11.5. The van der Waals surface area contributed by atoms with Crippen LogP contribution in [0.3, 0.4) is 0 Å². The van der Waals surface area contributed by atoms with Crippen molar-refractivity contribution in [2.75, 3.05) is 5.43 Å². The lowest BCUT2D eigenvalue weighted by molar-refractivity contribution is -0.454. The first-order valence-corrected chi connectivity index (χ1v) is 4.18. The molecule has 19 heavy (non-hydrogen) atoms. The minimum Gasteiger partial charge on any atom is -0.358 e. The lowest BCUT2D eigenvalue weighted by Gasteiger charge is -1.91. The molecule has 0 unspecified atom stereocenters. The van der Waals surface area contributed by atoms with Gasteiger partial charge in [0.1, 0.15) is 4.87 Å². The van der Waals surface area contributed by atoms with Gasteiger partial charge in [-0.2, -0.15) is 5.43 Å². The molecule has 0 saturated heterocycles. The van der Waals surface area contributed by atoms with Crippen LogP contribution in [0, 0.1) is 25.1 Å². The zero-order valence-electron chi connectivity index (χ0n) is 8.49. The molecule has 2 rings (SSSR count). The summed E-state index contributed by atoms with van der Waals surface area (Å²) in [5.74, 6) is -3.40. The van der Waals surface area contributed by atoms with Crippen LogP contribution in [0.15, 0.2) is 9.26 Å².